The minimum atomic E-state index is 0.822. The van der Waals surface area contributed by atoms with Gasteiger partial charge in [-0.1, -0.05) is 48.5 Å². The number of nitrogens with zero attached hydrogens (tertiary/aromatic N) is 2. The first-order valence-corrected chi connectivity index (χ1v) is 7.36. The fourth-order valence-corrected chi connectivity index (χ4v) is 3.66. The van der Waals surface area contributed by atoms with E-state index in [0.29, 0.717) is 0 Å². The van der Waals surface area contributed by atoms with Gasteiger partial charge in [0.2, 0.25) is 0 Å². The second-order valence-electron chi connectivity index (χ2n) is 4.76. The van der Waals surface area contributed by atoms with E-state index in [-0.39, 0.29) is 0 Å². The summed E-state index contributed by atoms with van der Waals surface area (Å²) in [7, 11) is 0. The van der Waals surface area contributed by atoms with Crippen LogP contribution in [-0.2, 0) is 0 Å². The molecule has 0 fully saturated rings. The number of benzene rings is 2. The van der Waals surface area contributed by atoms with Crippen LogP contribution in [0.25, 0.3) is 31.6 Å². The average molecular weight is 276 g/mol. The van der Waals surface area contributed by atoms with Gasteiger partial charge in [0.1, 0.15) is 10.7 Å². The molecule has 0 spiro atoms. The van der Waals surface area contributed by atoms with Crippen LogP contribution in [-0.4, -0.2) is 9.97 Å². The molecule has 0 N–H and O–H groups in total. The summed E-state index contributed by atoms with van der Waals surface area (Å²) in [5.74, 6) is 0.822. The molecular weight excluding hydrogens is 264 g/mol. The van der Waals surface area contributed by atoms with Gasteiger partial charge in [-0.3, -0.25) is 0 Å². The number of aromatic nitrogens is 2. The van der Waals surface area contributed by atoms with Crippen molar-refractivity contribution in [3.63, 3.8) is 0 Å². The van der Waals surface area contributed by atoms with Gasteiger partial charge in [0.15, 0.2) is 0 Å². The van der Waals surface area contributed by atoms with E-state index in [1.807, 2.05) is 25.1 Å². The summed E-state index contributed by atoms with van der Waals surface area (Å²) in [4.78, 5) is 10.4. The first-order valence-electron chi connectivity index (χ1n) is 6.54. The lowest BCUT2D eigenvalue weighted by atomic mass is 10.1. The molecule has 0 aliphatic heterocycles. The Labute approximate surface area is 120 Å². The predicted octanol–water partition coefficient (Wildman–Crippen LogP) is 4.82. The Morgan fingerprint density at radius 1 is 0.850 bits per heavy atom. The van der Waals surface area contributed by atoms with Gasteiger partial charge < -0.3 is 0 Å². The van der Waals surface area contributed by atoms with E-state index in [4.69, 9.17) is 0 Å². The first kappa shape index (κ1) is 11.6. The highest BCUT2D eigenvalue weighted by Gasteiger charge is 2.13. The Morgan fingerprint density at radius 3 is 2.45 bits per heavy atom. The molecule has 2 aromatic carbocycles. The Morgan fingerprint density at radius 2 is 1.60 bits per heavy atom. The summed E-state index contributed by atoms with van der Waals surface area (Å²) in [5, 5.41) is 2.41. The molecular formula is C17H12N2S. The lowest BCUT2D eigenvalue weighted by Crippen LogP contribution is -1.91. The smallest absolute Gasteiger partial charge is 0.128 e. The maximum absolute atomic E-state index is 4.69. The van der Waals surface area contributed by atoms with Gasteiger partial charge in [0.25, 0.3) is 0 Å². The number of hydrogen-bond acceptors (Lipinski definition) is 3. The molecule has 96 valence electrons. The number of hydrogen-bond donors (Lipinski definition) is 0. The van der Waals surface area contributed by atoms with Crippen molar-refractivity contribution < 1.29 is 0 Å². The zero-order valence-corrected chi connectivity index (χ0v) is 11.8. The van der Waals surface area contributed by atoms with Crippen molar-refractivity contribution in [1.82, 2.24) is 9.97 Å². The Balaban J connectivity index is 2.19. The van der Waals surface area contributed by atoms with E-state index in [0.717, 1.165) is 21.9 Å². The molecule has 0 atom stereocenters. The fourth-order valence-electron chi connectivity index (χ4n) is 2.53. The van der Waals surface area contributed by atoms with Crippen molar-refractivity contribution in [3.05, 3.63) is 60.4 Å². The maximum Gasteiger partial charge on any atom is 0.128 e. The molecule has 0 aliphatic carbocycles. The van der Waals surface area contributed by atoms with Crippen molar-refractivity contribution in [1.29, 1.82) is 0 Å². The Bertz CT molecular complexity index is 910. The molecule has 0 saturated heterocycles. The van der Waals surface area contributed by atoms with Crippen molar-refractivity contribution in [2.75, 3.05) is 0 Å². The summed E-state index contributed by atoms with van der Waals surface area (Å²) in [5.41, 5.74) is 2.18. The second-order valence-corrected chi connectivity index (χ2v) is 5.79. The van der Waals surface area contributed by atoms with E-state index in [1.54, 1.807) is 11.3 Å². The third-order valence-electron chi connectivity index (χ3n) is 3.40. The van der Waals surface area contributed by atoms with Crippen LogP contribution in [0, 0.1) is 6.92 Å². The normalized spacial score (nSPS) is 11.2. The summed E-state index contributed by atoms with van der Waals surface area (Å²) in [6.07, 6.45) is 0. The predicted molar refractivity (Wildman–Crippen MR) is 85.1 cm³/mol. The van der Waals surface area contributed by atoms with Crippen LogP contribution >= 0.6 is 11.3 Å². The summed E-state index contributed by atoms with van der Waals surface area (Å²) in [6, 6.07) is 18.8. The zero-order valence-electron chi connectivity index (χ0n) is 11.0. The molecule has 0 saturated carbocycles. The number of aryl methyl sites for hydroxylation is 1. The Kier molecular flexibility index (Phi) is 2.54. The van der Waals surface area contributed by atoms with Crippen LogP contribution in [0.15, 0.2) is 54.6 Å². The molecule has 4 rings (SSSR count). The molecule has 4 aromatic rings. The lowest BCUT2D eigenvalue weighted by Gasteiger charge is -2.04. The molecule has 0 amide bonds. The van der Waals surface area contributed by atoms with Gasteiger partial charge in [-0.05, 0) is 13.0 Å². The number of rotatable bonds is 1. The summed E-state index contributed by atoms with van der Waals surface area (Å²) >= 11 is 1.73. The molecule has 2 nitrogen and oxygen atoms in total. The van der Waals surface area contributed by atoms with E-state index in [1.165, 1.54) is 15.5 Å². The molecule has 2 aromatic heterocycles. The highest BCUT2D eigenvalue weighted by molar-refractivity contribution is 7.25. The summed E-state index contributed by atoms with van der Waals surface area (Å²) < 4.78 is 1.26. The van der Waals surface area contributed by atoms with Crippen LogP contribution < -0.4 is 0 Å². The Hall–Kier alpha value is -2.26. The van der Waals surface area contributed by atoms with E-state index < -0.39 is 0 Å². The van der Waals surface area contributed by atoms with Crippen molar-refractivity contribution in [2.45, 2.75) is 6.92 Å². The lowest BCUT2D eigenvalue weighted by molar-refractivity contribution is 1.10. The molecule has 3 heteroatoms. The maximum atomic E-state index is 4.69. The minimum Gasteiger partial charge on any atom is -0.232 e. The average Bonchev–Trinajstić information content (AvgIpc) is 2.85. The van der Waals surface area contributed by atoms with E-state index in [9.17, 15) is 0 Å². The van der Waals surface area contributed by atoms with Crippen LogP contribution in [0.2, 0.25) is 0 Å². The standard InChI is InChI=1S/C17H12N2S/c1-11-18-16(12-7-3-2-4-8-12)15-13-9-5-6-10-14(13)20-17(15)19-11/h2-10H,1H3. The molecule has 20 heavy (non-hydrogen) atoms. The number of fused-ring (bicyclic) bond motifs is 3. The van der Waals surface area contributed by atoms with Crippen LogP contribution in [0.3, 0.4) is 0 Å². The molecule has 0 unspecified atom stereocenters. The molecule has 0 bridgehead atoms. The second kappa shape index (κ2) is 4.39. The van der Waals surface area contributed by atoms with Gasteiger partial charge in [-0.2, -0.15) is 0 Å². The van der Waals surface area contributed by atoms with Gasteiger partial charge in [0.05, 0.1) is 5.69 Å². The molecule has 0 aliphatic rings. The third kappa shape index (κ3) is 1.71. The highest BCUT2D eigenvalue weighted by Crippen LogP contribution is 2.37. The van der Waals surface area contributed by atoms with E-state index >= 15 is 0 Å². The fraction of sp³-hybridized carbons (Fsp3) is 0.0588. The van der Waals surface area contributed by atoms with Gasteiger partial charge in [-0.25, -0.2) is 9.97 Å². The van der Waals surface area contributed by atoms with Crippen molar-refractivity contribution in [2.24, 2.45) is 0 Å². The molecule has 0 radical (unpaired) electrons. The minimum absolute atomic E-state index is 0.822. The van der Waals surface area contributed by atoms with Crippen LogP contribution in [0.1, 0.15) is 5.82 Å². The van der Waals surface area contributed by atoms with Crippen molar-refractivity contribution >= 4 is 31.6 Å². The number of thiophene rings is 1. The topological polar surface area (TPSA) is 25.8 Å². The largest absolute Gasteiger partial charge is 0.232 e. The highest BCUT2D eigenvalue weighted by atomic mass is 32.1. The monoisotopic (exact) mass is 276 g/mol. The SMILES string of the molecule is Cc1nc(-c2ccccc2)c2c(n1)sc1ccccc12. The zero-order chi connectivity index (χ0) is 13.5. The van der Waals surface area contributed by atoms with Crippen molar-refractivity contribution in [3.8, 4) is 11.3 Å². The molecule has 2 heterocycles. The summed E-state index contributed by atoms with van der Waals surface area (Å²) in [6.45, 7) is 1.95. The van der Waals surface area contributed by atoms with Gasteiger partial charge in [0, 0.05) is 21.0 Å². The van der Waals surface area contributed by atoms with E-state index in [2.05, 4.69) is 46.4 Å². The van der Waals surface area contributed by atoms with Gasteiger partial charge >= 0.3 is 0 Å². The third-order valence-corrected chi connectivity index (χ3v) is 4.46. The first-order chi connectivity index (χ1) is 9.83. The van der Waals surface area contributed by atoms with Crippen LogP contribution in [0.5, 0.6) is 0 Å². The van der Waals surface area contributed by atoms with Crippen LogP contribution in [0.4, 0.5) is 0 Å². The quantitative estimate of drug-likeness (QED) is 0.498. The van der Waals surface area contributed by atoms with Gasteiger partial charge in [-0.15, -0.1) is 11.3 Å².